The van der Waals surface area contributed by atoms with Gasteiger partial charge in [0.05, 0.1) is 0 Å². The van der Waals surface area contributed by atoms with E-state index in [-0.39, 0.29) is 0 Å². The average molecular weight is 226 g/mol. The number of carbonyl (C=O) groups excluding carboxylic acids is 1. The topological polar surface area (TPSA) is 55.1 Å². The van der Waals surface area contributed by atoms with Gasteiger partial charge in [0.25, 0.3) is 0 Å². The van der Waals surface area contributed by atoms with Gasteiger partial charge >= 0.3 is 6.03 Å². The van der Waals surface area contributed by atoms with Gasteiger partial charge in [-0.1, -0.05) is 42.0 Å². The van der Waals surface area contributed by atoms with Crippen molar-refractivity contribution in [3.05, 3.63) is 54.1 Å². The number of nitrogens with two attached hydrogens (primary N) is 1. The molecule has 0 aromatic heterocycles. The van der Waals surface area contributed by atoms with Crippen molar-refractivity contribution < 1.29 is 4.79 Å². The van der Waals surface area contributed by atoms with Crippen LogP contribution >= 0.6 is 0 Å². The number of primary amides is 1. The predicted molar refractivity (Wildman–Crippen MR) is 69.8 cm³/mol. The number of hydrogen-bond acceptors (Lipinski definition) is 1. The van der Waals surface area contributed by atoms with Crippen LogP contribution < -0.4 is 11.1 Å². The average Bonchev–Trinajstić information content (AvgIpc) is 2.28. The van der Waals surface area contributed by atoms with Crippen molar-refractivity contribution in [1.82, 2.24) is 0 Å². The first-order valence-corrected chi connectivity index (χ1v) is 5.39. The predicted octanol–water partition coefficient (Wildman–Crippen LogP) is 3.15. The maximum Gasteiger partial charge on any atom is 0.316 e. The number of benzene rings is 2. The van der Waals surface area contributed by atoms with Gasteiger partial charge in [0.15, 0.2) is 0 Å². The SMILES string of the molecule is Cc1cccc(-c2cccc(NC(N)=O)c2)c1. The number of nitrogens with one attached hydrogen (secondary N) is 1. The molecule has 0 aliphatic rings. The van der Waals surface area contributed by atoms with Crippen molar-refractivity contribution in [3.8, 4) is 11.1 Å². The summed E-state index contributed by atoms with van der Waals surface area (Å²) < 4.78 is 0. The van der Waals surface area contributed by atoms with Gasteiger partial charge in [0.2, 0.25) is 0 Å². The van der Waals surface area contributed by atoms with Crippen molar-refractivity contribution in [2.24, 2.45) is 5.73 Å². The summed E-state index contributed by atoms with van der Waals surface area (Å²) in [6.45, 7) is 2.05. The molecule has 3 nitrogen and oxygen atoms in total. The van der Waals surface area contributed by atoms with Crippen LogP contribution in [0.25, 0.3) is 11.1 Å². The fourth-order valence-electron chi connectivity index (χ4n) is 1.74. The Morgan fingerprint density at radius 1 is 1.06 bits per heavy atom. The number of hydrogen-bond donors (Lipinski definition) is 2. The van der Waals surface area contributed by atoms with E-state index in [0.717, 1.165) is 11.1 Å². The van der Waals surface area contributed by atoms with E-state index >= 15 is 0 Å². The van der Waals surface area contributed by atoms with Gasteiger partial charge in [0, 0.05) is 5.69 Å². The Labute approximate surface area is 100 Å². The summed E-state index contributed by atoms with van der Waals surface area (Å²) in [5.41, 5.74) is 9.18. The van der Waals surface area contributed by atoms with Gasteiger partial charge in [0.1, 0.15) is 0 Å². The molecule has 0 saturated heterocycles. The van der Waals surface area contributed by atoms with E-state index in [1.54, 1.807) is 0 Å². The Kier molecular flexibility index (Phi) is 3.10. The first-order valence-electron chi connectivity index (χ1n) is 5.39. The largest absolute Gasteiger partial charge is 0.351 e. The second kappa shape index (κ2) is 4.70. The van der Waals surface area contributed by atoms with Crippen LogP contribution in [0.2, 0.25) is 0 Å². The lowest BCUT2D eigenvalue weighted by Gasteiger charge is -2.06. The standard InChI is InChI=1S/C14H14N2O/c1-10-4-2-5-11(8-10)12-6-3-7-13(9-12)16-14(15)17/h2-9H,1H3,(H3,15,16,17). The van der Waals surface area contributed by atoms with Gasteiger partial charge in [-0.05, 0) is 30.2 Å². The third-order valence-electron chi connectivity index (χ3n) is 2.48. The molecule has 2 amide bonds. The molecule has 86 valence electrons. The number of aryl methyl sites for hydroxylation is 1. The van der Waals surface area contributed by atoms with Crippen molar-refractivity contribution in [2.75, 3.05) is 5.32 Å². The zero-order chi connectivity index (χ0) is 12.3. The Balaban J connectivity index is 2.36. The zero-order valence-electron chi connectivity index (χ0n) is 9.60. The number of rotatable bonds is 2. The second-order valence-electron chi connectivity index (χ2n) is 3.94. The van der Waals surface area contributed by atoms with Gasteiger partial charge in [-0.15, -0.1) is 0 Å². The van der Waals surface area contributed by atoms with Gasteiger partial charge < -0.3 is 11.1 Å². The molecular formula is C14H14N2O. The van der Waals surface area contributed by atoms with Crippen LogP contribution in [0, 0.1) is 6.92 Å². The van der Waals surface area contributed by atoms with Crippen molar-refractivity contribution in [2.45, 2.75) is 6.92 Å². The van der Waals surface area contributed by atoms with Crippen LogP contribution in [-0.2, 0) is 0 Å². The van der Waals surface area contributed by atoms with E-state index in [4.69, 9.17) is 5.73 Å². The van der Waals surface area contributed by atoms with Crippen LogP contribution in [0.1, 0.15) is 5.56 Å². The molecule has 0 heterocycles. The molecule has 0 aliphatic carbocycles. The highest BCUT2D eigenvalue weighted by atomic mass is 16.2. The number of anilines is 1. The molecule has 2 rings (SSSR count). The zero-order valence-corrected chi connectivity index (χ0v) is 9.60. The molecule has 0 radical (unpaired) electrons. The van der Waals surface area contributed by atoms with Crippen LogP contribution in [0.5, 0.6) is 0 Å². The Bertz CT molecular complexity index is 549. The minimum absolute atomic E-state index is 0.550. The lowest BCUT2D eigenvalue weighted by atomic mass is 10.0. The van der Waals surface area contributed by atoms with Gasteiger partial charge in [-0.3, -0.25) is 0 Å². The molecule has 3 N–H and O–H groups in total. The number of carbonyl (C=O) groups is 1. The smallest absolute Gasteiger partial charge is 0.316 e. The van der Waals surface area contributed by atoms with Crippen LogP contribution in [0.4, 0.5) is 10.5 Å². The van der Waals surface area contributed by atoms with E-state index in [1.807, 2.05) is 36.4 Å². The van der Waals surface area contributed by atoms with E-state index < -0.39 is 6.03 Å². The maximum absolute atomic E-state index is 10.8. The second-order valence-corrected chi connectivity index (χ2v) is 3.94. The molecule has 0 aliphatic heterocycles. The summed E-state index contributed by atoms with van der Waals surface area (Å²) in [7, 11) is 0. The first-order chi connectivity index (χ1) is 8.15. The van der Waals surface area contributed by atoms with Gasteiger partial charge in [-0.2, -0.15) is 0 Å². The summed E-state index contributed by atoms with van der Waals surface area (Å²) in [4.78, 5) is 10.8. The highest BCUT2D eigenvalue weighted by Crippen LogP contribution is 2.23. The highest BCUT2D eigenvalue weighted by molar-refractivity contribution is 5.88. The molecule has 0 unspecified atom stereocenters. The van der Waals surface area contributed by atoms with Crippen LogP contribution in [0.15, 0.2) is 48.5 Å². The molecule has 3 heteroatoms. The quantitative estimate of drug-likeness (QED) is 0.812. The maximum atomic E-state index is 10.8. The Morgan fingerprint density at radius 3 is 2.35 bits per heavy atom. The lowest BCUT2D eigenvalue weighted by molar-refractivity contribution is 0.259. The molecule has 0 bridgehead atoms. The van der Waals surface area contributed by atoms with Gasteiger partial charge in [-0.25, -0.2) is 4.79 Å². The number of urea groups is 1. The summed E-state index contributed by atoms with van der Waals surface area (Å²) in [6, 6.07) is 15.3. The normalized spacial score (nSPS) is 9.94. The Hall–Kier alpha value is -2.29. The monoisotopic (exact) mass is 226 g/mol. The van der Waals surface area contributed by atoms with Crippen molar-refractivity contribution in [3.63, 3.8) is 0 Å². The Morgan fingerprint density at radius 2 is 1.71 bits per heavy atom. The summed E-state index contributed by atoms with van der Waals surface area (Å²) in [5.74, 6) is 0. The van der Waals surface area contributed by atoms with Crippen LogP contribution in [0.3, 0.4) is 0 Å². The highest BCUT2D eigenvalue weighted by Gasteiger charge is 2.00. The third kappa shape index (κ3) is 2.84. The third-order valence-corrected chi connectivity index (χ3v) is 2.48. The molecule has 0 fully saturated rings. The molecule has 2 aromatic carbocycles. The molecule has 2 aromatic rings. The summed E-state index contributed by atoms with van der Waals surface area (Å²) in [5, 5.41) is 2.57. The van der Waals surface area contributed by atoms with Crippen molar-refractivity contribution >= 4 is 11.7 Å². The van der Waals surface area contributed by atoms with Crippen molar-refractivity contribution in [1.29, 1.82) is 0 Å². The summed E-state index contributed by atoms with van der Waals surface area (Å²) in [6.07, 6.45) is 0. The van der Waals surface area contributed by atoms with E-state index in [0.29, 0.717) is 5.69 Å². The minimum Gasteiger partial charge on any atom is -0.351 e. The molecule has 17 heavy (non-hydrogen) atoms. The molecule has 0 atom stereocenters. The first kappa shape index (κ1) is 11.2. The van der Waals surface area contributed by atoms with E-state index in [9.17, 15) is 4.79 Å². The number of amides is 2. The molecular weight excluding hydrogens is 212 g/mol. The molecule has 0 saturated carbocycles. The fourth-order valence-corrected chi connectivity index (χ4v) is 1.74. The lowest BCUT2D eigenvalue weighted by Crippen LogP contribution is -2.19. The minimum atomic E-state index is -0.550. The molecule has 0 spiro atoms. The van der Waals surface area contributed by atoms with E-state index in [2.05, 4.69) is 24.4 Å². The van der Waals surface area contributed by atoms with E-state index in [1.165, 1.54) is 5.56 Å². The summed E-state index contributed by atoms with van der Waals surface area (Å²) >= 11 is 0. The van der Waals surface area contributed by atoms with Crippen LogP contribution in [-0.4, -0.2) is 6.03 Å². The fraction of sp³-hybridized carbons (Fsp3) is 0.0714.